The Kier molecular flexibility index (Phi) is 3.94. The second-order valence-electron chi connectivity index (χ2n) is 6.63. The number of hydrogen-bond acceptors (Lipinski definition) is 5. The summed E-state index contributed by atoms with van der Waals surface area (Å²) >= 11 is 1.59. The van der Waals surface area contributed by atoms with Crippen LogP contribution in [0.3, 0.4) is 0 Å². The number of benzene rings is 2. The number of aryl methyl sites for hydroxylation is 2. The molecule has 0 aliphatic heterocycles. The van der Waals surface area contributed by atoms with Gasteiger partial charge in [0.05, 0.1) is 17.8 Å². The summed E-state index contributed by atoms with van der Waals surface area (Å²) in [5.41, 5.74) is 4.71. The van der Waals surface area contributed by atoms with Gasteiger partial charge in [-0.1, -0.05) is 29.5 Å². The molecule has 1 aliphatic rings. The van der Waals surface area contributed by atoms with Crippen LogP contribution < -0.4 is 5.32 Å². The quantitative estimate of drug-likeness (QED) is 0.591. The molecule has 7 heteroatoms. The maximum atomic E-state index is 12.5. The summed E-state index contributed by atoms with van der Waals surface area (Å²) < 4.78 is 1.86. The highest BCUT2D eigenvalue weighted by molar-refractivity contribution is 7.16. The number of thiazole rings is 1. The standard InChI is InChI=1S/C20H17N5OS/c26-19(22-20-21-16-5-3-7-18(16)27-20)14-10-8-13(9-11-14)12-25-17-6-2-1-4-15(17)23-24-25/h1-2,4,6,8-11H,3,5,7,12H2,(H,21,22,26). The van der Waals surface area contributed by atoms with Crippen molar-refractivity contribution < 1.29 is 4.79 Å². The molecule has 1 amide bonds. The molecule has 0 saturated carbocycles. The third-order valence-corrected chi connectivity index (χ3v) is 5.86. The van der Waals surface area contributed by atoms with Crippen LogP contribution in [-0.2, 0) is 19.4 Å². The number of amides is 1. The van der Waals surface area contributed by atoms with Crippen molar-refractivity contribution >= 4 is 33.4 Å². The summed E-state index contributed by atoms with van der Waals surface area (Å²) in [6.07, 6.45) is 3.27. The summed E-state index contributed by atoms with van der Waals surface area (Å²) in [5.74, 6) is -0.125. The Labute approximate surface area is 159 Å². The average Bonchev–Trinajstić information content (AvgIpc) is 3.38. The van der Waals surface area contributed by atoms with Crippen molar-refractivity contribution in [3.05, 3.63) is 70.2 Å². The zero-order chi connectivity index (χ0) is 18.2. The fraction of sp³-hybridized carbons (Fsp3) is 0.200. The van der Waals surface area contributed by atoms with Gasteiger partial charge in [-0.2, -0.15) is 0 Å². The highest BCUT2D eigenvalue weighted by Crippen LogP contribution is 2.30. The number of aromatic nitrogens is 4. The van der Waals surface area contributed by atoms with Crippen molar-refractivity contribution in [1.29, 1.82) is 0 Å². The molecule has 0 fully saturated rings. The minimum atomic E-state index is -0.125. The van der Waals surface area contributed by atoms with Gasteiger partial charge >= 0.3 is 0 Å². The number of fused-ring (bicyclic) bond motifs is 2. The van der Waals surface area contributed by atoms with Crippen LogP contribution in [0.4, 0.5) is 5.13 Å². The van der Waals surface area contributed by atoms with E-state index in [1.165, 1.54) is 11.3 Å². The largest absolute Gasteiger partial charge is 0.298 e. The maximum absolute atomic E-state index is 12.5. The molecule has 0 spiro atoms. The number of hydrogen-bond donors (Lipinski definition) is 1. The van der Waals surface area contributed by atoms with Crippen molar-refractivity contribution in [2.24, 2.45) is 0 Å². The van der Waals surface area contributed by atoms with Crippen molar-refractivity contribution in [2.45, 2.75) is 25.8 Å². The van der Waals surface area contributed by atoms with Crippen LogP contribution in [0.2, 0.25) is 0 Å². The smallest absolute Gasteiger partial charge is 0.257 e. The van der Waals surface area contributed by atoms with Crippen LogP contribution in [-0.4, -0.2) is 25.9 Å². The monoisotopic (exact) mass is 375 g/mol. The molecule has 27 heavy (non-hydrogen) atoms. The first-order valence-electron chi connectivity index (χ1n) is 8.93. The van der Waals surface area contributed by atoms with Gasteiger partial charge in [-0.05, 0) is 49.1 Å². The summed E-state index contributed by atoms with van der Waals surface area (Å²) in [6.45, 7) is 0.613. The van der Waals surface area contributed by atoms with E-state index in [0.717, 1.165) is 35.1 Å². The SMILES string of the molecule is O=C(Nc1nc2c(s1)CCC2)c1ccc(Cn2nnc3ccccc32)cc1. The van der Waals surface area contributed by atoms with E-state index in [4.69, 9.17) is 0 Å². The molecule has 0 saturated heterocycles. The molecule has 0 bridgehead atoms. The van der Waals surface area contributed by atoms with E-state index < -0.39 is 0 Å². The van der Waals surface area contributed by atoms with Crippen LogP contribution in [0.5, 0.6) is 0 Å². The summed E-state index contributed by atoms with van der Waals surface area (Å²) in [6, 6.07) is 15.5. The number of nitrogens with zero attached hydrogens (tertiary/aromatic N) is 4. The molecule has 6 nitrogen and oxygen atoms in total. The lowest BCUT2D eigenvalue weighted by molar-refractivity contribution is 0.102. The zero-order valence-electron chi connectivity index (χ0n) is 14.6. The van der Waals surface area contributed by atoms with Crippen molar-refractivity contribution in [1.82, 2.24) is 20.0 Å². The number of carbonyl (C=O) groups is 1. The maximum Gasteiger partial charge on any atom is 0.257 e. The van der Waals surface area contributed by atoms with Crippen molar-refractivity contribution in [3.63, 3.8) is 0 Å². The van der Waals surface area contributed by atoms with Gasteiger partial charge in [-0.25, -0.2) is 9.67 Å². The Balaban J connectivity index is 1.30. The molecule has 2 aromatic heterocycles. The van der Waals surface area contributed by atoms with Crippen molar-refractivity contribution in [3.8, 4) is 0 Å². The lowest BCUT2D eigenvalue weighted by Crippen LogP contribution is -2.12. The van der Waals surface area contributed by atoms with Crippen LogP contribution in [0, 0.1) is 0 Å². The van der Waals surface area contributed by atoms with Crippen LogP contribution in [0.1, 0.15) is 32.9 Å². The molecular formula is C20H17N5OS. The highest BCUT2D eigenvalue weighted by atomic mass is 32.1. The first-order valence-corrected chi connectivity index (χ1v) is 9.75. The minimum absolute atomic E-state index is 0.125. The molecule has 0 atom stereocenters. The number of nitrogens with one attached hydrogen (secondary N) is 1. The number of anilines is 1. The Morgan fingerprint density at radius 1 is 1.11 bits per heavy atom. The van der Waals surface area contributed by atoms with Gasteiger partial charge in [0.2, 0.25) is 0 Å². The molecule has 1 N–H and O–H groups in total. The fourth-order valence-electron chi connectivity index (χ4n) is 3.38. The molecule has 4 aromatic rings. The lowest BCUT2D eigenvalue weighted by atomic mass is 10.1. The van der Waals surface area contributed by atoms with Crippen LogP contribution in [0.15, 0.2) is 48.5 Å². The topological polar surface area (TPSA) is 72.7 Å². The number of para-hydroxylation sites is 1. The second kappa shape index (κ2) is 6.59. The van der Waals surface area contributed by atoms with E-state index >= 15 is 0 Å². The third-order valence-electron chi connectivity index (χ3n) is 4.78. The van der Waals surface area contributed by atoms with E-state index in [1.807, 2.05) is 53.2 Å². The molecular weight excluding hydrogens is 358 g/mol. The van der Waals surface area contributed by atoms with Gasteiger partial charge < -0.3 is 0 Å². The van der Waals surface area contributed by atoms with E-state index in [9.17, 15) is 4.79 Å². The Bertz CT molecular complexity index is 1110. The summed E-state index contributed by atoms with van der Waals surface area (Å²) in [5, 5.41) is 12.0. The number of rotatable bonds is 4. The zero-order valence-corrected chi connectivity index (χ0v) is 15.4. The third kappa shape index (κ3) is 3.10. The Morgan fingerprint density at radius 2 is 1.96 bits per heavy atom. The number of carbonyl (C=O) groups excluding carboxylic acids is 1. The normalized spacial score (nSPS) is 13.0. The van der Waals surface area contributed by atoms with Crippen LogP contribution >= 0.6 is 11.3 Å². The highest BCUT2D eigenvalue weighted by Gasteiger charge is 2.18. The molecule has 134 valence electrons. The second-order valence-corrected chi connectivity index (χ2v) is 7.71. The minimum Gasteiger partial charge on any atom is -0.298 e. The Hall–Kier alpha value is -3.06. The van der Waals surface area contributed by atoms with Gasteiger partial charge in [-0.3, -0.25) is 10.1 Å². The average molecular weight is 375 g/mol. The van der Waals surface area contributed by atoms with Crippen molar-refractivity contribution in [2.75, 3.05) is 5.32 Å². The first kappa shape index (κ1) is 16.1. The molecule has 2 aromatic carbocycles. The predicted octanol–water partition coefficient (Wildman–Crippen LogP) is 3.68. The molecule has 0 unspecified atom stereocenters. The van der Waals surface area contributed by atoms with Gasteiger partial charge in [0.1, 0.15) is 5.52 Å². The molecule has 2 heterocycles. The molecule has 5 rings (SSSR count). The van der Waals surface area contributed by atoms with Gasteiger partial charge in [0, 0.05) is 10.4 Å². The van der Waals surface area contributed by atoms with E-state index in [0.29, 0.717) is 17.2 Å². The van der Waals surface area contributed by atoms with E-state index in [-0.39, 0.29) is 5.91 Å². The Morgan fingerprint density at radius 3 is 2.81 bits per heavy atom. The van der Waals surface area contributed by atoms with Gasteiger partial charge in [-0.15, -0.1) is 16.4 Å². The fourth-order valence-corrected chi connectivity index (χ4v) is 4.43. The van der Waals surface area contributed by atoms with Gasteiger partial charge in [0.15, 0.2) is 5.13 Å². The van der Waals surface area contributed by atoms with E-state index in [1.54, 1.807) is 11.3 Å². The predicted molar refractivity (Wildman–Crippen MR) is 105 cm³/mol. The summed E-state index contributed by atoms with van der Waals surface area (Å²) in [7, 11) is 0. The summed E-state index contributed by atoms with van der Waals surface area (Å²) in [4.78, 5) is 18.3. The lowest BCUT2D eigenvalue weighted by Gasteiger charge is -2.05. The van der Waals surface area contributed by atoms with E-state index in [2.05, 4.69) is 20.6 Å². The molecule has 0 radical (unpaired) electrons. The molecule has 1 aliphatic carbocycles. The van der Waals surface area contributed by atoms with Crippen LogP contribution in [0.25, 0.3) is 11.0 Å². The van der Waals surface area contributed by atoms with Gasteiger partial charge in [0.25, 0.3) is 5.91 Å². The first-order chi connectivity index (χ1) is 13.3.